The smallest absolute Gasteiger partial charge is 0.137 e. The van der Waals surface area contributed by atoms with Gasteiger partial charge in [0.15, 0.2) is 0 Å². The number of nitrogens with two attached hydrogens (primary N) is 1. The molecular formula is C16H17ClN2O. The van der Waals surface area contributed by atoms with Crippen molar-refractivity contribution in [3.05, 3.63) is 53.6 Å². The van der Waals surface area contributed by atoms with Gasteiger partial charge >= 0.3 is 0 Å². The van der Waals surface area contributed by atoms with Gasteiger partial charge in [-0.3, -0.25) is 5.41 Å². The molecular weight excluding hydrogens is 272 g/mol. The second kappa shape index (κ2) is 6.96. The molecule has 3 nitrogen and oxygen atoms in total. The predicted molar refractivity (Wildman–Crippen MR) is 83.5 cm³/mol. The zero-order chi connectivity index (χ0) is 14.4. The van der Waals surface area contributed by atoms with Gasteiger partial charge in [-0.25, -0.2) is 0 Å². The third-order valence-corrected chi connectivity index (χ3v) is 3.18. The van der Waals surface area contributed by atoms with E-state index in [1.165, 1.54) is 0 Å². The largest absolute Gasteiger partial charge is 0.492 e. The summed E-state index contributed by atoms with van der Waals surface area (Å²) >= 11 is 6.23. The molecule has 4 heteroatoms. The highest BCUT2D eigenvalue weighted by Crippen LogP contribution is 2.30. The maximum atomic E-state index is 7.14. The molecule has 2 aromatic rings. The number of amidine groups is 1. The van der Waals surface area contributed by atoms with Gasteiger partial charge in [-0.05, 0) is 29.7 Å². The molecule has 104 valence electrons. The molecule has 0 aliphatic rings. The fraction of sp³-hybridized carbons (Fsp3) is 0.188. The topological polar surface area (TPSA) is 59.1 Å². The molecule has 0 aromatic heterocycles. The van der Waals surface area contributed by atoms with Gasteiger partial charge < -0.3 is 10.5 Å². The maximum Gasteiger partial charge on any atom is 0.137 e. The van der Waals surface area contributed by atoms with Crippen molar-refractivity contribution in [2.75, 3.05) is 6.61 Å². The van der Waals surface area contributed by atoms with E-state index < -0.39 is 0 Å². The summed E-state index contributed by atoms with van der Waals surface area (Å²) in [6.07, 6.45) is 1.26. The van der Waals surface area contributed by atoms with Crippen LogP contribution < -0.4 is 10.5 Å². The van der Waals surface area contributed by atoms with Gasteiger partial charge in [0.05, 0.1) is 17.5 Å². The van der Waals surface area contributed by atoms with Crippen LogP contribution in [0.4, 0.5) is 0 Å². The van der Waals surface area contributed by atoms with Crippen LogP contribution in [-0.2, 0) is 0 Å². The van der Waals surface area contributed by atoms with E-state index in [1.807, 2.05) is 48.5 Å². The van der Waals surface area contributed by atoms with Gasteiger partial charge in [-0.2, -0.15) is 0 Å². The van der Waals surface area contributed by atoms with Crippen molar-refractivity contribution in [2.24, 2.45) is 5.73 Å². The molecule has 20 heavy (non-hydrogen) atoms. The number of ether oxygens (including phenoxy) is 1. The monoisotopic (exact) mass is 288 g/mol. The van der Waals surface area contributed by atoms with E-state index in [9.17, 15) is 0 Å². The summed E-state index contributed by atoms with van der Waals surface area (Å²) in [6, 6.07) is 15.8. The van der Waals surface area contributed by atoms with Crippen molar-refractivity contribution < 1.29 is 4.74 Å². The average molecular weight is 289 g/mol. The van der Waals surface area contributed by atoms with Crippen molar-refractivity contribution in [1.82, 2.24) is 0 Å². The van der Waals surface area contributed by atoms with Gasteiger partial charge in [-0.15, -0.1) is 0 Å². The van der Waals surface area contributed by atoms with E-state index in [2.05, 4.69) is 0 Å². The first-order valence-electron chi connectivity index (χ1n) is 6.47. The Bertz CT molecular complexity index is 584. The number of nitrogens with one attached hydrogen (secondary N) is 1. The third-order valence-electron chi connectivity index (χ3n) is 2.89. The standard InChI is InChI=1S/C16H17ClN2O/c17-14-11-13(12-5-2-1-3-6-12)8-9-15(14)20-10-4-7-16(18)19/h1-3,5-6,8-9,11H,4,7,10H2,(H3,18,19). The summed E-state index contributed by atoms with van der Waals surface area (Å²) in [4.78, 5) is 0. The Hall–Kier alpha value is -2.00. The van der Waals surface area contributed by atoms with Crippen LogP contribution >= 0.6 is 11.6 Å². The number of benzene rings is 2. The molecule has 0 aliphatic carbocycles. The molecule has 0 aliphatic heterocycles. The molecule has 0 saturated carbocycles. The summed E-state index contributed by atoms with van der Waals surface area (Å²) in [7, 11) is 0. The minimum Gasteiger partial charge on any atom is -0.492 e. The fourth-order valence-electron chi connectivity index (χ4n) is 1.87. The van der Waals surface area contributed by atoms with Gasteiger partial charge in [-0.1, -0.05) is 48.0 Å². The van der Waals surface area contributed by atoms with Crippen LogP contribution in [0.1, 0.15) is 12.8 Å². The van der Waals surface area contributed by atoms with Gasteiger partial charge in [0.25, 0.3) is 0 Å². The maximum absolute atomic E-state index is 7.14. The Morgan fingerprint density at radius 3 is 2.50 bits per heavy atom. The van der Waals surface area contributed by atoms with Crippen molar-refractivity contribution in [3.8, 4) is 16.9 Å². The first kappa shape index (κ1) is 14.4. The molecule has 3 N–H and O–H groups in total. The minimum absolute atomic E-state index is 0.180. The van der Waals surface area contributed by atoms with Crippen molar-refractivity contribution >= 4 is 17.4 Å². The molecule has 0 amide bonds. The SMILES string of the molecule is N=C(N)CCCOc1ccc(-c2ccccc2)cc1Cl. The Balaban J connectivity index is 2.01. The van der Waals surface area contributed by atoms with Crippen LogP contribution in [0.3, 0.4) is 0 Å². The van der Waals surface area contributed by atoms with E-state index in [1.54, 1.807) is 0 Å². The quantitative estimate of drug-likeness (QED) is 0.477. The van der Waals surface area contributed by atoms with Crippen molar-refractivity contribution in [1.29, 1.82) is 5.41 Å². The molecule has 0 bridgehead atoms. The fourth-order valence-corrected chi connectivity index (χ4v) is 2.11. The minimum atomic E-state index is 0.180. The summed E-state index contributed by atoms with van der Waals surface area (Å²) in [5.74, 6) is 0.842. The van der Waals surface area contributed by atoms with Crippen molar-refractivity contribution in [2.45, 2.75) is 12.8 Å². The first-order valence-corrected chi connectivity index (χ1v) is 6.85. The normalized spacial score (nSPS) is 10.2. The highest BCUT2D eigenvalue weighted by molar-refractivity contribution is 6.32. The zero-order valence-corrected chi connectivity index (χ0v) is 11.9. The van der Waals surface area contributed by atoms with Crippen LogP contribution in [0, 0.1) is 5.41 Å². The highest BCUT2D eigenvalue weighted by atomic mass is 35.5. The van der Waals surface area contributed by atoms with Gasteiger partial charge in [0.1, 0.15) is 5.75 Å². The van der Waals surface area contributed by atoms with Crippen LogP contribution in [0.15, 0.2) is 48.5 Å². The lowest BCUT2D eigenvalue weighted by molar-refractivity contribution is 0.313. The molecule has 0 atom stereocenters. The highest BCUT2D eigenvalue weighted by Gasteiger charge is 2.04. The number of halogens is 1. The Morgan fingerprint density at radius 2 is 1.85 bits per heavy atom. The van der Waals surface area contributed by atoms with E-state index >= 15 is 0 Å². The van der Waals surface area contributed by atoms with Crippen LogP contribution in [-0.4, -0.2) is 12.4 Å². The molecule has 2 rings (SSSR count). The molecule has 0 saturated heterocycles. The average Bonchev–Trinajstić information content (AvgIpc) is 2.45. The summed E-state index contributed by atoms with van der Waals surface area (Å²) in [5.41, 5.74) is 7.47. The summed E-state index contributed by atoms with van der Waals surface area (Å²) in [6.45, 7) is 0.504. The zero-order valence-electron chi connectivity index (χ0n) is 11.1. The Labute approximate surface area is 123 Å². The van der Waals surface area contributed by atoms with Crippen LogP contribution in [0.25, 0.3) is 11.1 Å². The van der Waals surface area contributed by atoms with Crippen molar-refractivity contribution in [3.63, 3.8) is 0 Å². The van der Waals surface area contributed by atoms with Crippen LogP contribution in [0.5, 0.6) is 5.75 Å². The molecule has 0 unspecified atom stereocenters. The van der Waals surface area contributed by atoms with E-state index in [-0.39, 0.29) is 5.84 Å². The number of hydrogen-bond acceptors (Lipinski definition) is 2. The molecule has 0 fully saturated rings. The molecule has 0 radical (unpaired) electrons. The lowest BCUT2D eigenvalue weighted by atomic mass is 10.1. The molecule has 2 aromatic carbocycles. The van der Waals surface area contributed by atoms with Gasteiger partial charge in [0.2, 0.25) is 0 Å². The predicted octanol–water partition coefficient (Wildman–Crippen LogP) is 4.10. The van der Waals surface area contributed by atoms with E-state index in [0.717, 1.165) is 11.1 Å². The lowest BCUT2D eigenvalue weighted by Gasteiger charge is -2.09. The molecule has 0 heterocycles. The summed E-state index contributed by atoms with van der Waals surface area (Å²) < 4.78 is 5.59. The third kappa shape index (κ3) is 4.00. The Kier molecular flexibility index (Phi) is 5.02. The van der Waals surface area contributed by atoms with Crippen LogP contribution in [0.2, 0.25) is 5.02 Å². The van der Waals surface area contributed by atoms with E-state index in [0.29, 0.717) is 30.2 Å². The molecule has 0 spiro atoms. The van der Waals surface area contributed by atoms with E-state index in [4.69, 9.17) is 27.5 Å². The van der Waals surface area contributed by atoms with Gasteiger partial charge in [0, 0.05) is 6.42 Å². The second-order valence-electron chi connectivity index (χ2n) is 4.49. The number of hydrogen-bond donors (Lipinski definition) is 2. The first-order chi connectivity index (χ1) is 9.66. The number of rotatable bonds is 6. The second-order valence-corrected chi connectivity index (χ2v) is 4.90. The Morgan fingerprint density at radius 1 is 1.10 bits per heavy atom. The summed E-state index contributed by atoms with van der Waals surface area (Å²) in [5, 5.41) is 7.73. The lowest BCUT2D eigenvalue weighted by Crippen LogP contribution is -2.11.